The number of aryl methyl sites for hydroxylation is 2. The molecule has 4 heteroatoms. The van der Waals surface area contributed by atoms with Gasteiger partial charge < -0.3 is 8.85 Å². The maximum absolute atomic E-state index is 6.55. The molecule has 36 heavy (non-hydrogen) atoms. The first kappa shape index (κ1) is 26.3. The van der Waals surface area contributed by atoms with Crippen LogP contribution in [0.25, 0.3) is 0 Å². The van der Waals surface area contributed by atoms with Crippen LogP contribution in [-0.2, 0) is 21.7 Å². The Balaban J connectivity index is 1.23. The molecule has 0 saturated carbocycles. The monoisotopic (exact) mass is 510 g/mol. The van der Waals surface area contributed by atoms with E-state index in [1.807, 2.05) is 0 Å². The van der Waals surface area contributed by atoms with Gasteiger partial charge in [0.15, 0.2) is 19.5 Å². The Morgan fingerprint density at radius 1 is 0.444 bits per heavy atom. The van der Waals surface area contributed by atoms with Gasteiger partial charge >= 0.3 is 0 Å². The number of hydrogen-bond acceptors (Lipinski definition) is 2. The maximum atomic E-state index is 6.55. The smallest absolute Gasteiger partial charge is 0.162 e. The van der Waals surface area contributed by atoms with Crippen LogP contribution in [0.2, 0.25) is 12.1 Å². The lowest BCUT2D eigenvalue weighted by Gasteiger charge is -2.20. The number of rotatable bonds is 15. The fourth-order valence-electron chi connectivity index (χ4n) is 4.57. The summed E-state index contributed by atoms with van der Waals surface area (Å²) in [6, 6.07) is 45.4. The van der Waals surface area contributed by atoms with E-state index in [1.54, 1.807) is 0 Å². The molecule has 0 spiro atoms. The largest absolute Gasteiger partial charge is 0.417 e. The lowest BCUT2D eigenvalue weighted by atomic mass is 10.0. The first-order valence-electron chi connectivity index (χ1n) is 13.3. The summed E-state index contributed by atoms with van der Waals surface area (Å²) in [6.07, 6.45) is 4.56. The van der Waals surface area contributed by atoms with Crippen molar-refractivity contribution in [2.45, 2.75) is 50.0 Å². The molecule has 186 valence electrons. The zero-order valence-electron chi connectivity index (χ0n) is 21.2. The summed E-state index contributed by atoms with van der Waals surface area (Å²) in [6.45, 7) is 0. The highest BCUT2D eigenvalue weighted by atomic mass is 28.2. The van der Waals surface area contributed by atoms with Gasteiger partial charge in [-0.15, -0.1) is 0 Å². The molecular formula is C32H38O2Si2. The zero-order valence-corrected chi connectivity index (χ0v) is 24.0. The molecule has 0 amide bonds. The fraction of sp³-hybridized carbons (Fsp3) is 0.250. The van der Waals surface area contributed by atoms with Crippen LogP contribution in [0, 0.1) is 0 Å². The van der Waals surface area contributed by atoms with Gasteiger partial charge in [-0.05, 0) is 60.0 Å². The van der Waals surface area contributed by atoms with Crippen molar-refractivity contribution in [1.29, 1.82) is 0 Å². The van der Waals surface area contributed by atoms with Gasteiger partial charge in [-0.1, -0.05) is 121 Å². The molecule has 0 aliphatic heterocycles. The summed E-state index contributed by atoms with van der Waals surface area (Å²) in [5, 5.41) is 0. The summed E-state index contributed by atoms with van der Waals surface area (Å²) in [5.74, 6) is 0. The Bertz CT molecular complexity index is 1000. The van der Waals surface area contributed by atoms with Crippen molar-refractivity contribution < 1.29 is 8.85 Å². The minimum atomic E-state index is -0.586. The topological polar surface area (TPSA) is 18.5 Å². The second-order valence-electron chi connectivity index (χ2n) is 9.30. The van der Waals surface area contributed by atoms with E-state index < -0.39 is 19.5 Å². The summed E-state index contributed by atoms with van der Waals surface area (Å²) in [5.41, 5.74) is 5.37. The predicted octanol–water partition coefficient (Wildman–Crippen LogP) is 6.77. The van der Waals surface area contributed by atoms with E-state index in [2.05, 4.69) is 121 Å². The Hall–Kier alpha value is -2.77. The molecule has 4 rings (SSSR count). The molecule has 4 aromatic carbocycles. The van der Waals surface area contributed by atoms with Gasteiger partial charge in [0, 0.05) is 0 Å². The molecule has 0 aliphatic rings. The molecule has 0 aromatic heterocycles. The van der Waals surface area contributed by atoms with Crippen LogP contribution in [0.5, 0.6) is 0 Å². The Morgan fingerprint density at radius 3 is 1.14 bits per heavy atom. The van der Waals surface area contributed by atoms with Crippen LogP contribution >= 0.6 is 0 Å². The van der Waals surface area contributed by atoms with Crippen molar-refractivity contribution >= 4 is 19.5 Å². The summed E-state index contributed by atoms with van der Waals surface area (Å²) >= 11 is 0. The molecular weight excluding hydrogens is 473 g/mol. The van der Waals surface area contributed by atoms with E-state index in [0.717, 1.165) is 25.7 Å². The van der Waals surface area contributed by atoms with E-state index in [0.29, 0.717) is 0 Å². The molecule has 4 aromatic rings. The molecule has 0 bridgehead atoms. The van der Waals surface area contributed by atoms with E-state index >= 15 is 0 Å². The van der Waals surface area contributed by atoms with Gasteiger partial charge in [0.25, 0.3) is 0 Å². The molecule has 0 fully saturated rings. The van der Waals surface area contributed by atoms with Crippen LogP contribution < -0.4 is 0 Å². The minimum Gasteiger partial charge on any atom is -0.417 e. The normalized spacial score (nSPS) is 13.4. The van der Waals surface area contributed by atoms with Crippen molar-refractivity contribution in [1.82, 2.24) is 0 Å². The second-order valence-corrected chi connectivity index (χ2v) is 12.2. The zero-order chi connectivity index (χ0) is 24.7. The predicted molar refractivity (Wildman–Crippen MR) is 157 cm³/mol. The molecule has 0 heterocycles. The van der Waals surface area contributed by atoms with Crippen LogP contribution in [0.15, 0.2) is 121 Å². The van der Waals surface area contributed by atoms with Gasteiger partial charge in [0.2, 0.25) is 0 Å². The summed E-state index contributed by atoms with van der Waals surface area (Å²) in [7, 11) is -1.17. The summed E-state index contributed by atoms with van der Waals surface area (Å²) < 4.78 is 13.1. The van der Waals surface area contributed by atoms with E-state index in [9.17, 15) is 0 Å². The average Bonchev–Trinajstić information content (AvgIpc) is 2.96. The van der Waals surface area contributed by atoms with Crippen molar-refractivity contribution in [2.75, 3.05) is 0 Å². The highest BCUT2D eigenvalue weighted by molar-refractivity contribution is 6.34. The summed E-state index contributed by atoms with van der Waals surface area (Å²) in [4.78, 5) is 0. The Labute approximate surface area is 221 Å². The molecule has 0 N–H and O–H groups in total. The highest BCUT2D eigenvalue weighted by Gasteiger charge is 2.14. The van der Waals surface area contributed by atoms with Crippen LogP contribution in [-0.4, -0.2) is 19.5 Å². The van der Waals surface area contributed by atoms with Gasteiger partial charge in [-0.25, -0.2) is 0 Å². The molecule has 2 unspecified atom stereocenters. The van der Waals surface area contributed by atoms with E-state index in [4.69, 9.17) is 8.85 Å². The van der Waals surface area contributed by atoms with Gasteiger partial charge in [0.05, 0.1) is 12.2 Å². The van der Waals surface area contributed by atoms with Gasteiger partial charge in [0.1, 0.15) is 0 Å². The lowest BCUT2D eigenvalue weighted by Crippen LogP contribution is -2.12. The molecule has 0 aliphatic carbocycles. The third-order valence-electron chi connectivity index (χ3n) is 6.60. The highest BCUT2D eigenvalue weighted by Crippen LogP contribution is 2.25. The van der Waals surface area contributed by atoms with Crippen LogP contribution in [0.3, 0.4) is 0 Å². The minimum absolute atomic E-state index is 0.198. The Kier molecular flexibility index (Phi) is 11.2. The van der Waals surface area contributed by atoms with Gasteiger partial charge in [-0.2, -0.15) is 0 Å². The molecule has 0 radical (unpaired) electrons. The van der Waals surface area contributed by atoms with Crippen LogP contribution in [0.4, 0.5) is 0 Å². The quantitative estimate of drug-likeness (QED) is 0.130. The lowest BCUT2D eigenvalue weighted by molar-refractivity contribution is 0.201. The Morgan fingerprint density at radius 2 is 0.778 bits per heavy atom. The standard InChI is InChI=1S/C32H38O2Si2/c1-5-13-27(14-6-1)21-23-31(29-17-9-3-10-18-29)33-35-25-26-36-34-32(30-19-11-4-12-20-30)24-22-28-15-7-2-8-16-28/h1-20,31-32H,21-26,35-36H2. The van der Waals surface area contributed by atoms with Gasteiger partial charge in [-0.3, -0.25) is 0 Å². The maximum Gasteiger partial charge on any atom is 0.162 e. The van der Waals surface area contributed by atoms with Crippen molar-refractivity contribution in [3.05, 3.63) is 144 Å². The first-order valence-corrected chi connectivity index (χ1v) is 16.4. The van der Waals surface area contributed by atoms with Crippen molar-refractivity contribution in [3.8, 4) is 0 Å². The van der Waals surface area contributed by atoms with E-state index in [1.165, 1.54) is 34.3 Å². The third kappa shape index (κ3) is 9.03. The average molecular weight is 511 g/mol. The molecule has 0 saturated heterocycles. The van der Waals surface area contributed by atoms with Crippen LogP contribution in [0.1, 0.15) is 47.3 Å². The van der Waals surface area contributed by atoms with Crippen molar-refractivity contribution in [2.24, 2.45) is 0 Å². The fourth-order valence-corrected chi connectivity index (χ4v) is 7.82. The first-order chi connectivity index (χ1) is 17.9. The van der Waals surface area contributed by atoms with E-state index in [-0.39, 0.29) is 12.2 Å². The second kappa shape index (κ2) is 15.4. The number of benzene rings is 4. The number of hydrogen-bond donors (Lipinski definition) is 0. The van der Waals surface area contributed by atoms with Crippen molar-refractivity contribution in [3.63, 3.8) is 0 Å². The molecule has 2 atom stereocenters. The molecule has 2 nitrogen and oxygen atoms in total. The third-order valence-corrected chi connectivity index (χ3v) is 10.4. The SMILES string of the molecule is c1ccc(CCC(O[SiH2]CC[SiH2]OC(CCc2ccccc2)c2ccccc2)c2ccccc2)cc1.